The minimum Gasteiger partial charge on any atom is -0.308 e. The van der Waals surface area contributed by atoms with Crippen molar-refractivity contribution in [2.75, 3.05) is 10.6 Å². The van der Waals surface area contributed by atoms with E-state index in [1.165, 1.54) is 0 Å². The Morgan fingerprint density at radius 3 is 2.90 bits per heavy atom. The minimum atomic E-state index is -0.344. The molecular formula is C14H11ClN4O. The van der Waals surface area contributed by atoms with Gasteiger partial charge in [0.1, 0.15) is 0 Å². The van der Waals surface area contributed by atoms with Gasteiger partial charge in [0.25, 0.3) is 0 Å². The number of carbonyl (C=O) groups excluding carboxylic acids is 1. The van der Waals surface area contributed by atoms with Crippen LogP contribution in [0.2, 0.25) is 5.02 Å². The molecule has 0 aliphatic carbocycles. The molecule has 6 heteroatoms. The third-order valence-corrected chi connectivity index (χ3v) is 2.98. The Morgan fingerprint density at radius 2 is 2.05 bits per heavy atom. The summed E-state index contributed by atoms with van der Waals surface area (Å²) >= 11 is 5.87. The fraction of sp³-hybridized carbons (Fsp3) is 0. The van der Waals surface area contributed by atoms with Crippen LogP contribution >= 0.6 is 11.6 Å². The zero-order valence-electron chi connectivity index (χ0n) is 10.4. The van der Waals surface area contributed by atoms with Crippen molar-refractivity contribution >= 4 is 34.7 Å². The quantitative estimate of drug-likeness (QED) is 0.756. The number of fused-ring (bicyclic) bond motifs is 1. The molecule has 100 valence electrons. The Balaban J connectivity index is 1.77. The third-order valence-electron chi connectivity index (χ3n) is 2.75. The van der Waals surface area contributed by atoms with Crippen molar-refractivity contribution in [3.63, 3.8) is 0 Å². The fourth-order valence-electron chi connectivity index (χ4n) is 1.90. The number of amides is 2. The van der Waals surface area contributed by atoms with Crippen LogP contribution in [0.4, 0.5) is 16.2 Å². The Labute approximate surface area is 120 Å². The highest BCUT2D eigenvalue weighted by molar-refractivity contribution is 6.30. The molecule has 0 saturated carbocycles. The van der Waals surface area contributed by atoms with Gasteiger partial charge in [0, 0.05) is 29.3 Å². The van der Waals surface area contributed by atoms with E-state index in [0.717, 1.165) is 0 Å². The maximum Gasteiger partial charge on any atom is 0.323 e. The molecule has 2 heterocycles. The van der Waals surface area contributed by atoms with Gasteiger partial charge in [0.15, 0.2) is 5.65 Å². The molecule has 20 heavy (non-hydrogen) atoms. The van der Waals surface area contributed by atoms with E-state index >= 15 is 0 Å². The van der Waals surface area contributed by atoms with Crippen LogP contribution in [0.3, 0.4) is 0 Å². The topological polar surface area (TPSA) is 58.4 Å². The molecule has 2 amide bonds. The second-order valence-electron chi connectivity index (χ2n) is 4.17. The van der Waals surface area contributed by atoms with Crippen LogP contribution in [0.1, 0.15) is 0 Å². The van der Waals surface area contributed by atoms with Gasteiger partial charge in [-0.3, -0.25) is 0 Å². The monoisotopic (exact) mass is 286 g/mol. The van der Waals surface area contributed by atoms with Crippen molar-refractivity contribution in [1.29, 1.82) is 0 Å². The number of urea groups is 1. The summed E-state index contributed by atoms with van der Waals surface area (Å²) in [5.41, 5.74) is 1.95. The summed E-state index contributed by atoms with van der Waals surface area (Å²) in [5, 5.41) is 6.05. The molecule has 1 aromatic carbocycles. The molecule has 5 nitrogen and oxygen atoms in total. The largest absolute Gasteiger partial charge is 0.323 e. The lowest BCUT2D eigenvalue weighted by Gasteiger charge is -2.08. The van der Waals surface area contributed by atoms with Crippen LogP contribution in [-0.4, -0.2) is 15.4 Å². The van der Waals surface area contributed by atoms with Gasteiger partial charge in [0.2, 0.25) is 0 Å². The number of carbonyl (C=O) groups is 1. The summed E-state index contributed by atoms with van der Waals surface area (Å²) in [6.07, 6.45) is 5.35. The molecule has 0 aliphatic rings. The van der Waals surface area contributed by atoms with E-state index in [-0.39, 0.29) is 6.03 Å². The van der Waals surface area contributed by atoms with Crippen LogP contribution in [0, 0.1) is 0 Å². The number of hydrogen-bond donors (Lipinski definition) is 2. The molecule has 3 aromatic rings. The number of pyridine rings is 1. The average Bonchev–Trinajstić information content (AvgIpc) is 2.88. The van der Waals surface area contributed by atoms with Crippen LogP contribution in [0.5, 0.6) is 0 Å². The number of imidazole rings is 1. The maximum atomic E-state index is 12.0. The first kappa shape index (κ1) is 12.5. The number of hydrogen-bond acceptors (Lipinski definition) is 2. The lowest BCUT2D eigenvalue weighted by atomic mass is 10.3. The second kappa shape index (κ2) is 5.22. The van der Waals surface area contributed by atoms with Crippen molar-refractivity contribution in [2.45, 2.75) is 0 Å². The van der Waals surface area contributed by atoms with Gasteiger partial charge in [-0.2, -0.15) is 0 Å². The summed E-state index contributed by atoms with van der Waals surface area (Å²) in [6, 6.07) is 10.2. The number of halogens is 1. The first-order valence-corrected chi connectivity index (χ1v) is 6.35. The van der Waals surface area contributed by atoms with Crippen molar-refractivity contribution in [1.82, 2.24) is 9.38 Å². The van der Waals surface area contributed by atoms with Crippen molar-refractivity contribution < 1.29 is 4.79 Å². The van der Waals surface area contributed by atoms with Gasteiger partial charge < -0.3 is 15.0 Å². The molecule has 0 saturated heterocycles. The Kier molecular flexibility index (Phi) is 3.26. The Bertz CT molecular complexity index is 768. The van der Waals surface area contributed by atoms with E-state index in [1.807, 2.05) is 22.9 Å². The van der Waals surface area contributed by atoms with E-state index in [0.29, 0.717) is 22.0 Å². The number of anilines is 2. The van der Waals surface area contributed by atoms with E-state index < -0.39 is 0 Å². The summed E-state index contributed by atoms with van der Waals surface area (Å²) in [5.74, 6) is 0. The smallest absolute Gasteiger partial charge is 0.308 e. The fourth-order valence-corrected chi connectivity index (χ4v) is 2.09. The van der Waals surface area contributed by atoms with Crippen LogP contribution in [-0.2, 0) is 0 Å². The molecular weight excluding hydrogens is 276 g/mol. The lowest BCUT2D eigenvalue weighted by molar-refractivity contribution is 0.262. The van der Waals surface area contributed by atoms with Gasteiger partial charge in [-0.05, 0) is 30.3 Å². The number of rotatable bonds is 2. The molecule has 3 rings (SSSR count). The molecule has 0 radical (unpaired) electrons. The SMILES string of the molecule is O=C(Nc1cccc(Cl)c1)Nc1cccn2ccnc12. The molecule has 0 fully saturated rings. The predicted octanol–water partition coefficient (Wildman–Crippen LogP) is 3.63. The van der Waals surface area contributed by atoms with E-state index in [2.05, 4.69) is 15.6 Å². The zero-order valence-corrected chi connectivity index (χ0v) is 11.1. The summed E-state index contributed by atoms with van der Waals surface area (Å²) < 4.78 is 1.83. The van der Waals surface area contributed by atoms with E-state index in [1.54, 1.807) is 36.5 Å². The van der Waals surface area contributed by atoms with Gasteiger partial charge in [-0.25, -0.2) is 9.78 Å². The van der Waals surface area contributed by atoms with E-state index in [4.69, 9.17) is 11.6 Å². The molecule has 0 atom stereocenters. The molecule has 2 N–H and O–H groups in total. The molecule has 0 aliphatic heterocycles. The lowest BCUT2D eigenvalue weighted by Crippen LogP contribution is -2.19. The number of benzene rings is 1. The van der Waals surface area contributed by atoms with Gasteiger partial charge in [-0.1, -0.05) is 17.7 Å². The van der Waals surface area contributed by atoms with Gasteiger partial charge in [-0.15, -0.1) is 0 Å². The second-order valence-corrected chi connectivity index (χ2v) is 4.61. The van der Waals surface area contributed by atoms with Crippen molar-refractivity contribution in [2.24, 2.45) is 0 Å². The van der Waals surface area contributed by atoms with E-state index in [9.17, 15) is 4.79 Å². The highest BCUT2D eigenvalue weighted by Gasteiger charge is 2.07. The molecule has 0 unspecified atom stereocenters. The van der Waals surface area contributed by atoms with Gasteiger partial charge in [0.05, 0.1) is 5.69 Å². The molecule has 0 bridgehead atoms. The normalized spacial score (nSPS) is 10.4. The summed E-state index contributed by atoms with van der Waals surface area (Å²) in [7, 11) is 0. The highest BCUT2D eigenvalue weighted by Crippen LogP contribution is 2.17. The number of nitrogens with one attached hydrogen (secondary N) is 2. The van der Waals surface area contributed by atoms with Crippen LogP contribution in [0.15, 0.2) is 55.0 Å². The molecule has 0 spiro atoms. The van der Waals surface area contributed by atoms with Crippen LogP contribution < -0.4 is 10.6 Å². The van der Waals surface area contributed by atoms with Crippen molar-refractivity contribution in [3.05, 3.63) is 60.0 Å². The molecule has 2 aromatic heterocycles. The van der Waals surface area contributed by atoms with Crippen molar-refractivity contribution in [3.8, 4) is 0 Å². The summed E-state index contributed by atoms with van der Waals surface area (Å²) in [6.45, 7) is 0. The number of nitrogens with zero attached hydrogens (tertiary/aromatic N) is 2. The first-order valence-electron chi connectivity index (χ1n) is 5.97. The Morgan fingerprint density at radius 1 is 1.15 bits per heavy atom. The average molecular weight is 287 g/mol. The highest BCUT2D eigenvalue weighted by atomic mass is 35.5. The maximum absolute atomic E-state index is 12.0. The first-order chi connectivity index (χ1) is 9.72. The number of aromatic nitrogens is 2. The Hall–Kier alpha value is -2.53. The minimum absolute atomic E-state index is 0.344. The summed E-state index contributed by atoms with van der Waals surface area (Å²) in [4.78, 5) is 16.1. The third kappa shape index (κ3) is 2.57. The zero-order chi connectivity index (χ0) is 13.9. The standard InChI is InChI=1S/C14H11ClN4O/c15-10-3-1-4-11(9-10)17-14(20)18-12-5-2-7-19-8-6-16-13(12)19/h1-9H,(H2,17,18,20). The van der Waals surface area contributed by atoms with Gasteiger partial charge >= 0.3 is 6.03 Å². The van der Waals surface area contributed by atoms with Crippen LogP contribution in [0.25, 0.3) is 5.65 Å². The predicted molar refractivity (Wildman–Crippen MR) is 79.3 cm³/mol.